The fraction of sp³-hybridized carbons (Fsp3) is 0.545. The summed E-state index contributed by atoms with van der Waals surface area (Å²) in [5.41, 5.74) is 6.41. The Morgan fingerprint density at radius 3 is 1.03 bits per heavy atom. The third-order valence-corrected chi connectivity index (χ3v) is 5.06. The van der Waals surface area contributed by atoms with E-state index in [1.165, 1.54) is 0 Å². The molecule has 173 valence electrons. The Hall–Kier alpha value is -1.40. The SMILES string of the molecule is Cc1cc(C(C)C)nn1[C-](n1nc(C(C)C)cc1C)n1nc(C(C)C)cc1C.[Cl][Mn][Cl]. The van der Waals surface area contributed by atoms with Gasteiger partial charge in [-0.05, 0) is 34.8 Å². The molecule has 0 fully saturated rings. The first-order valence-corrected chi connectivity index (χ1v) is 13.7. The van der Waals surface area contributed by atoms with Gasteiger partial charge in [0.05, 0.1) is 17.1 Å². The van der Waals surface area contributed by atoms with Crippen LogP contribution in [-0.4, -0.2) is 29.3 Å². The summed E-state index contributed by atoms with van der Waals surface area (Å²) in [4.78, 5) is 0. The van der Waals surface area contributed by atoms with Crippen molar-refractivity contribution in [3.05, 3.63) is 58.7 Å². The van der Waals surface area contributed by atoms with Gasteiger partial charge in [-0.25, -0.2) is 0 Å². The first-order valence-electron chi connectivity index (χ1n) is 10.5. The zero-order valence-corrected chi connectivity index (χ0v) is 22.5. The van der Waals surface area contributed by atoms with Gasteiger partial charge in [0, 0.05) is 0 Å². The van der Waals surface area contributed by atoms with Crippen molar-refractivity contribution in [3.63, 3.8) is 0 Å². The quantitative estimate of drug-likeness (QED) is 0.289. The van der Waals surface area contributed by atoms with E-state index in [0.29, 0.717) is 17.8 Å². The minimum atomic E-state index is 0.00694. The number of nitrogens with zero attached hydrogens (tertiary/aromatic N) is 6. The van der Waals surface area contributed by atoms with Crippen LogP contribution in [0.15, 0.2) is 18.2 Å². The molecule has 0 saturated heterocycles. The second-order valence-corrected chi connectivity index (χ2v) is 10.6. The Labute approximate surface area is 200 Å². The summed E-state index contributed by atoms with van der Waals surface area (Å²) in [5.74, 6) is 1.07. The summed E-state index contributed by atoms with van der Waals surface area (Å²) in [6.45, 7) is 19.2. The standard InChI is InChI=1S/C22H33N6.2ClH.Mn/c1-13(2)19-10-16(7)26(23-19)22(27-17(8)11-20(24-27)14(3)4)28-18(9)12-21(25-28)15(5)6;;;/h10-15H,1-9H3;2*1H;/q-1;;;+2/p-2. The molecule has 0 aliphatic carbocycles. The molecule has 3 aromatic heterocycles. The van der Waals surface area contributed by atoms with Gasteiger partial charge in [0.1, 0.15) is 0 Å². The third kappa shape index (κ3) is 5.89. The van der Waals surface area contributed by atoms with E-state index in [1.807, 2.05) is 14.0 Å². The molecule has 6 nitrogen and oxygen atoms in total. The summed E-state index contributed by atoms with van der Waals surface area (Å²) < 4.78 is 5.93. The number of aryl methyl sites for hydroxylation is 3. The molecule has 0 unspecified atom stereocenters. The van der Waals surface area contributed by atoms with Gasteiger partial charge in [-0.2, -0.15) is 15.3 Å². The van der Waals surface area contributed by atoms with Crippen LogP contribution in [0.25, 0.3) is 0 Å². The van der Waals surface area contributed by atoms with Crippen LogP contribution < -0.4 is 0 Å². The summed E-state index contributed by atoms with van der Waals surface area (Å²) in [6.07, 6.45) is 0.832. The van der Waals surface area contributed by atoms with Crippen LogP contribution in [0.3, 0.4) is 0 Å². The summed E-state index contributed by atoms with van der Waals surface area (Å²) in [5, 5.41) is 14.7. The number of hydrogen-bond donors (Lipinski definition) is 0. The first kappa shape index (κ1) is 25.9. The van der Waals surface area contributed by atoms with Gasteiger partial charge in [-0.15, -0.1) is 0 Å². The molecule has 0 spiro atoms. The van der Waals surface area contributed by atoms with Gasteiger partial charge < -0.3 is 0 Å². The molecule has 3 heterocycles. The number of aromatic nitrogens is 6. The summed E-state index contributed by atoms with van der Waals surface area (Å²) in [6, 6.07) is 6.44. The molecule has 3 aromatic rings. The van der Waals surface area contributed by atoms with Crippen LogP contribution in [0.5, 0.6) is 0 Å². The third-order valence-electron chi connectivity index (χ3n) is 5.06. The van der Waals surface area contributed by atoms with Gasteiger partial charge in [0.25, 0.3) is 0 Å². The van der Waals surface area contributed by atoms with Crippen molar-refractivity contribution in [2.45, 2.75) is 80.1 Å². The van der Waals surface area contributed by atoms with Gasteiger partial charge >= 0.3 is 33.3 Å². The van der Waals surface area contributed by atoms with E-state index in [4.69, 9.17) is 35.5 Å². The second-order valence-electron chi connectivity index (χ2n) is 8.69. The molecule has 0 amide bonds. The number of rotatable bonds is 6. The van der Waals surface area contributed by atoms with Crippen molar-refractivity contribution >= 4 is 20.2 Å². The Kier molecular flexibility index (Phi) is 9.14. The van der Waals surface area contributed by atoms with Crippen LogP contribution in [0, 0.1) is 27.1 Å². The van der Waals surface area contributed by atoms with Crippen molar-refractivity contribution < 1.29 is 13.1 Å². The normalized spacial score (nSPS) is 11.4. The molecule has 0 aliphatic rings. The molecule has 0 N–H and O–H groups in total. The van der Waals surface area contributed by atoms with E-state index in [1.54, 1.807) is 0 Å². The van der Waals surface area contributed by atoms with E-state index in [0.717, 1.165) is 40.5 Å². The van der Waals surface area contributed by atoms with Crippen molar-refractivity contribution in [2.24, 2.45) is 0 Å². The minimum absolute atomic E-state index is 0.00694. The molecule has 0 atom stereocenters. The number of hydrogen-bond acceptors (Lipinski definition) is 3. The van der Waals surface area contributed by atoms with Gasteiger partial charge in [-0.3, -0.25) is 14.0 Å². The predicted octanol–water partition coefficient (Wildman–Crippen LogP) is 6.34. The molecule has 3 rings (SSSR count). The summed E-state index contributed by atoms with van der Waals surface area (Å²) in [7, 11) is 9.59. The number of halogens is 2. The molecule has 0 aromatic carbocycles. The second kappa shape index (κ2) is 11.0. The Morgan fingerprint density at radius 1 is 0.645 bits per heavy atom. The van der Waals surface area contributed by atoms with Crippen LogP contribution in [0.2, 0.25) is 0 Å². The van der Waals surface area contributed by atoms with Gasteiger partial charge in [0.15, 0.2) is 6.29 Å². The van der Waals surface area contributed by atoms with Crippen LogP contribution in [0.1, 0.15) is 93.5 Å². The molecular weight excluding hydrogens is 474 g/mol. The molecule has 0 saturated carbocycles. The van der Waals surface area contributed by atoms with Crippen LogP contribution in [0.4, 0.5) is 0 Å². The molecule has 0 aliphatic heterocycles. The average Bonchev–Trinajstić information content (AvgIpc) is 3.35. The zero-order chi connectivity index (χ0) is 23.5. The van der Waals surface area contributed by atoms with Crippen molar-refractivity contribution in [2.75, 3.05) is 0 Å². The topological polar surface area (TPSA) is 53.5 Å². The van der Waals surface area contributed by atoms with Gasteiger partial charge in [0.2, 0.25) is 0 Å². The summed E-state index contributed by atoms with van der Waals surface area (Å²) >= 11 is 0.00694. The van der Waals surface area contributed by atoms with Crippen LogP contribution in [-0.2, 0) is 13.1 Å². The molecule has 31 heavy (non-hydrogen) atoms. The first-order chi connectivity index (χ1) is 14.5. The monoisotopic (exact) mass is 506 g/mol. The predicted molar refractivity (Wildman–Crippen MR) is 124 cm³/mol. The van der Waals surface area contributed by atoms with Gasteiger partial charge in [-0.1, -0.05) is 80.5 Å². The fourth-order valence-electron chi connectivity index (χ4n) is 3.22. The van der Waals surface area contributed by atoms with E-state index < -0.39 is 0 Å². The molecule has 0 bridgehead atoms. The zero-order valence-electron chi connectivity index (χ0n) is 19.8. The fourth-order valence-corrected chi connectivity index (χ4v) is 3.22. The Bertz CT molecular complexity index is 862. The Balaban J connectivity index is 0.00000107. The van der Waals surface area contributed by atoms with E-state index in [2.05, 4.69) is 80.5 Å². The van der Waals surface area contributed by atoms with E-state index in [-0.39, 0.29) is 13.1 Å². The van der Waals surface area contributed by atoms with Crippen molar-refractivity contribution in [3.8, 4) is 0 Å². The van der Waals surface area contributed by atoms with E-state index in [9.17, 15) is 0 Å². The van der Waals surface area contributed by atoms with Crippen molar-refractivity contribution in [1.29, 1.82) is 0 Å². The van der Waals surface area contributed by atoms with E-state index >= 15 is 0 Å². The average molecular weight is 507 g/mol. The molecule has 9 heteroatoms. The van der Waals surface area contributed by atoms with Crippen molar-refractivity contribution in [1.82, 2.24) is 29.3 Å². The van der Waals surface area contributed by atoms with Crippen LogP contribution >= 0.6 is 20.2 Å². The Morgan fingerprint density at radius 2 is 0.871 bits per heavy atom. The molecule has 0 radical (unpaired) electrons. The molecular formula is C22H33Cl2MnN6-. The maximum absolute atomic E-state index is 4.91. The maximum atomic E-state index is 4.91.